The fourth-order valence-corrected chi connectivity index (χ4v) is 1.71. The Kier molecular flexibility index (Phi) is 2.42. The molecule has 0 saturated heterocycles. The lowest BCUT2D eigenvalue weighted by molar-refractivity contribution is 0.546. The van der Waals surface area contributed by atoms with Crippen LogP contribution in [0.1, 0.15) is 20.3 Å². The van der Waals surface area contributed by atoms with E-state index in [0.717, 1.165) is 17.8 Å². The van der Waals surface area contributed by atoms with Gasteiger partial charge in [0.05, 0.1) is 18.0 Å². The molecule has 0 saturated carbocycles. The number of rotatable bonds is 1. The van der Waals surface area contributed by atoms with Gasteiger partial charge in [0.25, 0.3) is 0 Å². The molecule has 0 radical (unpaired) electrons. The van der Waals surface area contributed by atoms with Crippen molar-refractivity contribution in [2.24, 2.45) is 10.1 Å². The molecule has 2 aliphatic rings. The Morgan fingerprint density at radius 1 is 1.50 bits per heavy atom. The molecule has 0 N–H and O–H groups in total. The first kappa shape index (κ1) is 9.46. The van der Waals surface area contributed by atoms with Crippen LogP contribution in [-0.2, 0) is 0 Å². The fourth-order valence-electron chi connectivity index (χ4n) is 1.52. The highest BCUT2D eigenvalue weighted by molar-refractivity contribution is 6.64. The highest BCUT2D eigenvalue weighted by Crippen LogP contribution is 2.25. The van der Waals surface area contributed by atoms with Crippen molar-refractivity contribution in [2.45, 2.75) is 20.3 Å². The summed E-state index contributed by atoms with van der Waals surface area (Å²) in [6.45, 7) is 4.76. The van der Waals surface area contributed by atoms with Crippen LogP contribution in [-0.4, -0.2) is 22.6 Å². The number of hydrogen-bond donors (Lipinski definition) is 0. The average Bonchev–Trinajstić information content (AvgIpc) is 2.19. The average molecular weight is 210 g/mol. The zero-order chi connectivity index (χ0) is 10.1. The summed E-state index contributed by atoms with van der Waals surface area (Å²) in [6, 6.07) is 0. The molecule has 2 aliphatic heterocycles. The second kappa shape index (κ2) is 3.58. The molecule has 2 heterocycles. The minimum atomic E-state index is 0.459. The maximum Gasteiger partial charge on any atom is 0.219 e. The summed E-state index contributed by atoms with van der Waals surface area (Å²) in [5, 5.41) is 6.49. The van der Waals surface area contributed by atoms with Crippen molar-refractivity contribution in [1.82, 2.24) is 5.01 Å². The van der Waals surface area contributed by atoms with Crippen molar-refractivity contribution < 1.29 is 0 Å². The van der Waals surface area contributed by atoms with Crippen molar-refractivity contribution in [1.29, 1.82) is 0 Å². The van der Waals surface area contributed by atoms with Gasteiger partial charge >= 0.3 is 0 Å². The van der Waals surface area contributed by atoms with Gasteiger partial charge in [0.1, 0.15) is 0 Å². The number of halogens is 1. The summed E-state index contributed by atoms with van der Waals surface area (Å²) in [4.78, 5) is 4.21. The van der Waals surface area contributed by atoms with Gasteiger partial charge in [0.15, 0.2) is 0 Å². The van der Waals surface area contributed by atoms with Gasteiger partial charge in [0.2, 0.25) is 5.29 Å². The standard InChI is InChI=1S/C10H12ClN3/c1-3-8-6-12-10(11)14-9(8)5-4-7(2)13-14/h4-5H,3,6H2,1-2H3. The summed E-state index contributed by atoms with van der Waals surface area (Å²) < 4.78 is 0. The third-order valence-corrected chi connectivity index (χ3v) is 2.61. The molecule has 4 heteroatoms. The molecule has 0 amide bonds. The minimum Gasteiger partial charge on any atom is -0.252 e. The smallest absolute Gasteiger partial charge is 0.219 e. The van der Waals surface area contributed by atoms with Gasteiger partial charge < -0.3 is 0 Å². The van der Waals surface area contributed by atoms with Gasteiger partial charge in [-0.1, -0.05) is 6.92 Å². The van der Waals surface area contributed by atoms with E-state index in [-0.39, 0.29) is 0 Å². The maximum atomic E-state index is 5.98. The van der Waals surface area contributed by atoms with Gasteiger partial charge in [-0.25, -0.2) is 5.01 Å². The molecule has 0 spiro atoms. The van der Waals surface area contributed by atoms with E-state index in [1.54, 1.807) is 5.01 Å². The van der Waals surface area contributed by atoms with Gasteiger partial charge in [-0.2, -0.15) is 5.10 Å². The van der Waals surface area contributed by atoms with Crippen LogP contribution in [0.4, 0.5) is 0 Å². The summed E-state index contributed by atoms with van der Waals surface area (Å²) in [7, 11) is 0. The van der Waals surface area contributed by atoms with Crippen LogP contribution >= 0.6 is 11.6 Å². The normalized spacial score (nSPS) is 20.6. The first-order chi connectivity index (χ1) is 6.72. The van der Waals surface area contributed by atoms with Crippen molar-refractivity contribution in [3.05, 3.63) is 23.4 Å². The Hall–Kier alpha value is -1.09. The van der Waals surface area contributed by atoms with Crippen LogP contribution in [0.15, 0.2) is 33.5 Å². The predicted molar refractivity (Wildman–Crippen MR) is 59.6 cm³/mol. The summed E-state index contributed by atoms with van der Waals surface area (Å²) >= 11 is 5.98. The Morgan fingerprint density at radius 2 is 2.29 bits per heavy atom. The van der Waals surface area contributed by atoms with E-state index in [4.69, 9.17) is 11.6 Å². The number of hydrogen-bond acceptors (Lipinski definition) is 3. The summed E-state index contributed by atoms with van der Waals surface area (Å²) in [6.07, 6.45) is 5.04. The molecule has 2 rings (SSSR count). The topological polar surface area (TPSA) is 28.0 Å². The monoisotopic (exact) mass is 209 g/mol. The second-order valence-electron chi connectivity index (χ2n) is 3.31. The number of aliphatic imine (C=N–C) groups is 1. The highest BCUT2D eigenvalue weighted by atomic mass is 35.5. The Morgan fingerprint density at radius 3 is 3.00 bits per heavy atom. The lowest BCUT2D eigenvalue weighted by Gasteiger charge is -2.27. The molecule has 0 fully saturated rings. The lowest BCUT2D eigenvalue weighted by Crippen LogP contribution is -2.28. The molecule has 3 nitrogen and oxygen atoms in total. The molecular weight excluding hydrogens is 198 g/mol. The van der Waals surface area contributed by atoms with Crippen LogP contribution in [0.2, 0.25) is 0 Å². The molecule has 0 bridgehead atoms. The molecule has 0 aromatic carbocycles. The van der Waals surface area contributed by atoms with Gasteiger partial charge in [-0.05, 0) is 42.7 Å². The fraction of sp³-hybridized carbons (Fsp3) is 0.400. The molecule has 0 aromatic rings. The quantitative estimate of drug-likeness (QED) is 0.610. The van der Waals surface area contributed by atoms with Crippen LogP contribution in [0.3, 0.4) is 0 Å². The van der Waals surface area contributed by atoms with Gasteiger partial charge in [-0.15, -0.1) is 0 Å². The van der Waals surface area contributed by atoms with E-state index in [0.29, 0.717) is 11.8 Å². The van der Waals surface area contributed by atoms with Crippen molar-refractivity contribution in [2.75, 3.05) is 6.54 Å². The third-order valence-electron chi connectivity index (χ3n) is 2.33. The van der Waals surface area contributed by atoms with Crippen LogP contribution in [0, 0.1) is 0 Å². The van der Waals surface area contributed by atoms with Crippen molar-refractivity contribution >= 4 is 22.6 Å². The van der Waals surface area contributed by atoms with E-state index >= 15 is 0 Å². The highest BCUT2D eigenvalue weighted by Gasteiger charge is 2.21. The second-order valence-corrected chi connectivity index (χ2v) is 3.65. The van der Waals surface area contributed by atoms with E-state index in [9.17, 15) is 0 Å². The van der Waals surface area contributed by atoms with Gasteiger partial charge in [-0.3, -0.25) is 4.99 Å². The molecule has 0 aromatic heterocycles. The predicted octanol–water partition coefficient (Wildman–Crippen LogP) is 2.51. The van der Waals surface area contributed by atoms with E-state index in [1.807, 2.05) is 13.0 Å². The van der Waals surface area contributed by atoms with E-state index < -0.39 is 0 Å². The Labute approximate surface area is 88.5 Å². The SMILES string of the molecule is CCC1=C2C=CC(C)=NN2C(Cl)=NC1. The minimum absolute atomic E-state index is 0.459. The number of allylic oxidation sites excluding steroid dienone is 2. The van der Waals surface area contributed by atoms with E-state index in [1.165, 1.54) is 5.57 Å². The first-order valence-corrected chi connectivity index (χ1v) is 5.05. The van der Waals surface area contributed by atoms with Gasteiger partial charge in [0, 0.05) is 0 Å². The number of hydrazone groups is 1. The third kappa shape index (κ3) is 1.48. The van der Waals surface area contributed by atoms with Crippen molar-refractivity contribution in [3.63, 3.8) is 0 Å². The zero-order valence-electron chi connectivity index (χ0n) is 8.29. The first-order valence-electron chi connectivity index (χ1n) is 4.67. The largest absolute Gasteiger partial charge is 0.252 e. The lowest BCUT2D eigenvalue weighted by atomic mass is 10.1. The van der Waals surface area contributed by atoms with Crippen LogP contribution in [0.5, 0.6) is 0 Å². The number of fused-ring (bicyclic) bond motifs is 1. The Balaban J connectivity index is 2.42. The summed E-state index contributed by atoms with van der Waals surface area (Å²) in [5.74, 6) is 0. The Bertz CT molecular complexity index is 377. The molecule has 0 atom stereocenters. The maximum absolute atomic E-state index is 5.98. The number of nitrogens with zero attached hydrogens (tertiary/aromatic N) is 3. The van der Waals surface area contributed by atoms with E-state index in [2.05, 4.69) is 23.1 Å². The molecule has 14 heavy (non-hydrogen) atoms. The van der Waals surface area contributed by atoms with Crippen LogP contribution in [0.25, 0.3) is 0 Å². The van der Waals surface area contributed by atoms with Crippen LogP contribution < -0.4 is 0 Å². The summed E-state index contributed by atoms with van der Waals surface area (Å²) in [5.41, 5.74) is 3.31. The molecule has 0 unspecified atom stereocenters. The molecular formula is C10H12ClN3. The van der Waals surface area contributed by atoms with Crippen molar-refractivity contribution in [3.8, 4) is 0 Å². The zero-order valence-corrected chi connectivity index (χ0v) is 9.04. The molecule has 74 valence electrons. The number of amidine groups is 1. The molecule has 0 aliphatic carbocycles.